The van der Waals surface area contributed by atoms with Crippen molar-refractivity contribution in [1.29, 1.82) is 0 Å². The third kappa shape index (κ3) is 1.88. The molecule has 18 heavy (non-hydrogen) atoms. The van der Waals surface area contributed by atoms with Crippen molar-refractivity contribution in [1.82, 2.24) is 9.55 Å². The SMILES string of the molecule is Cc1cnc(C)c(F)c1-n1c(C)cc(O)cc1=O. The maximum atomic E-state index is 14.1. The zero-order valence-electron chi connectivity index (χ0n) is 10.4. The first-order chi connectivity index (χ1) is 8.41. The Labute approximate surface area is 103 Å². The molecule has 0 spiro atoms. The Bertz CT molecular complexity index is 677. The van der Waals surface area contributed by atoms with Crippen LogP contribution in [0.4, 0.5) is 4.39 Å². The lowest BCUT2D eigenvalue weighted by Crippen LogP contribution is -2.21. The molecule has 0 radical (unpaired) electrons. The van der Waals surface area contributed by atoms with Gasteiger partial charge in [-0.15, -0.1) is 0 Å². The topological polar surface area (TPSA) is 55.1 Å². The molecule has 1 N–H and O–H groups in total. The zero-order valence-corrected chi connectivity index (χ0v) is 10.4. The van der Waals surface area contributed by atoms with Crippen LogP contribution in [0.15, 0.2) is 23.1 Å². The van der Waals surface area contributed by atoms with Crippen LogP contribution in [0.1, 0.15) is 17.0 Å². The van der Waals surface area contributed by atoms with Crippen molar-refractivity contribution in [2.24, 2.45) is 0 Å². The maximum Gasteiger partial charge on any atom is 0.259 e. The van der Waals surface area contributed by atoms with Crippen molar-refractivity contribution in [3.8, 4) is 11.4 Å². The minimum absolute atomic E-state index is 0.127. The Morgan fingerprint density at radius 2 is 1.94 bits per heavy atom. The summed E-state index contributed by atoms with van der Waals surface area (Å²) in [6.45, 7) is 4.86. The first-order valence-electron chi connectivity index (χ1n) is 5.46. The maximum absolute atomic E-state index is 14.1. The molecule has 94 valence electrons. The van der Waals surface area contributed by atoms with Gasteiger partial charge in [0.05, 0.1) is 11.4 Å². The van der Waals surface area contributed by atoms with E-state index in [0.29, 0.717) is 11.3 Å². The molecule has 0 aliphatic rings. The van der Waals surface area contributed by atoms with E-state index in [1.54, 1.807) is 20.8 Å². The van der Waals surface area contributed by atoms with E-state index in [1.165, 1.54) is 16.8 Å². The van der Waals surface area contributed by atoms with Crippen LogP contribution in [0.5, 0.6) is 5.75 Å². The van der Waals surface area contributed by atoms with Crippen LogP contribution in [0.2, 0.25) is 0 Å². The largest absolute Gasteiger partial charge is 0.508 e. The monoisotopic (exact) mass is 248 g/mol. The number of nitrogens with zero attached hydrogens (tertiary/aromatic N) is 2. The van der Waals surface area contributed by atoms with Crippen molar-refractivity contribution in [2.45, 2.75) is 20.8 Å². The second-order valence-electron chi connectivity index (χ2n) is 4.22. The molecule has 0 fully saturated rings. The van der Waals surface area contributed by atoms with Gasteiger partial charge in [0.15, 0.2) is 5.82 Å². The Kier molecular flexibility index (Phi) is 2.90. The summed E-state index contributed by atoms with van der Waals surface area (Å²) in [7, 11) is 0. The predicted octanol–water partition coefficient (Wildman–Crippen LogP) is 2.00. The Hall–Kier alpha value is -2.17. The second-order valence-corrected chi connectivity index (χ2v) is 4.22. The van der Waals surface area contributed by atoms with Crippen LogP contribution >= 0.6 is 0 Å². The molecule has 0 aliphatic heterocycles. The fourth-order valence-electron chi connectivity index (χ4n) is 1.90. The standard InChI is InChI=1S/C13H13FN2O2/c1-7-6-15-9(3)12(14)13(7)16-8(2)4-10(17)5-11(16)18/h4-6,17H,1-3H3. The summed E-state index contributed by atoms with van der Waals surface area (Å²) in [5.74, 6) is -0.650. The quantitative estimate of drug-likeness (QED) is 0.839. The van der Waals surface area contributed by atoms with E-state index in [0.717, 1.165) is 6.07 Å². The third-order valence-electron chi connectivity index (χ3n) is 2.78. The van der Waals surface area contributed by atoms with E-state index in [-0.39, 0.29) is 17.1 Å². The van der Waals surface area contributed by atoms with E-state index >= 15 is 0 Å². The minimum atomic E-state index is -0.522. The number of aromatic nitrogens is 2. The van der Waals surface area contributed by atoms with Gasteiger partial charge in [-0.2, -0.15) is 0 Å². The van der Waals surface area contributed by atoms with E-state index in [2.05, 4.69) is 4.98 Å². The Morgan fingerprint density at radius 3 is 2.56 bits per heavy atom. The number of aromatic hydroxyl groups is 1. The van der Waals surface area contributed by atoms with Crippen molar-refractivity contribution >= 4 is 0 Å². The van der Waals surface area contributed by atoms with Crippen LogP contribution < -0.4 is 5.56 Å². The van der Waals surface area contributed by atoms with Gasteiger partial charge in [-0.05, 0) is 32.4 Å². The third-order valence-corrected chi connectivity index (χ3v) is 2.78. The molecule has 0 saturated carbocycles. The number of hydrogen-bond acceptors (Lipinski definition) is 3. The molecular formula is C13H13FN2O2. The summed E-state index contributed by atoms with van der Waals surface area (Å²) in [6.07, 6.45) is 1.52. The van der Waals surface area contributed by atoms with Crippen LogP contribution in [0.3, 0.4) is 0 Å². The minimum Gasteiger partial charge on any atom is -0.508 e. The van der Waals surface area contributed by atoms with Gasteiger partial charge in [-0.1, -0.05) is 0 Å². The lowest BCUT2D eigenvalue weighted by Gasteiger charge is -2.14. The summed E-state index contributed by atoms with van der Waals surface area (Å²) in [5, 5.41) is 9.34. The molecule has 0 bridgehead atoms. The molecule has 2 heterocycles. The highest BCUT2D eigenvalue weighted by Gasteiger charge is 2.15. The average Bonchev–Trinajstić information content (AvgIpc) is 2.27. The molecule has 2 aromatic rings. The summed E-state index contributed by atoms with van der Waals surface area (Å²) >= 11 is 0. The number of hydrogen-bond donors (Lipinski definition) is 1. The van der Waals surface area contributed by atoms with E-state index in [9.17, 15) is 14.3 Å². The highest BCUT2D eigenvalue weighted by molar-refractivity contribution is 5.44. The van der Waals surface area contributed by atoms with E-state index in [4.69, 9.17) is 0 Å². The van der Waals surface area contributed by atoms with Gasteiger partial charge in [-0.25, -0.2) is 4.39 Å². The Balaban J connectivity index is 2.86. The van der Waals surface area contributed by atoms with Crippen LogP contribution in [-0.2, 0) is 0 Å². The summed E-state index contributed by atoms with van der Waals surface area (Å²) < 4.78 is 15.4. The van der Waals surface area contributed by atoms with Gasteiger partial charge in [0, 0.05) is 18.0 Å². The van der Waals surface area contributed by atoms with Gasteiger partial charge >= 0.3 is 0 Å². The first kappa shape index (κ1) is 12.3. The van der Waals surface area contributed by atoms with Gasteiger partial charge in [0.25, 0.3) is 5.56 Å². The number of pyridine rings is 2. The lowest BCUT2D eigenvalue weighted by atomic mass is 10.2. The van der Waals surface area contributed by atoms with Gasteiger partial charge in [0.2, 0.25) is 0 Å². The first-order valence-corrected chi connectivity index (χ1v) is 5.46. The predicted molar refractivity (Wildman–Crippen MR) is 65.7 cm³/mol. The van der Waals surface area contributed by atoms with Crippen LogP contribution in [0.25, 0.3) is 5.69 Å². The average molecular weight is 248 g/mol. The van der Waals surface area contributed by atoms with Crippen molar-refractivity contribution < 1.29 is 9.50 Å². The summed E-state index contributed by atoms with van der Waals surface area (Å²) in [6, 6.07) is 2.47. The smallest absolute Gasteiger partial charge is 0.259 e. The van der Waals surface area contributed by atoms with Crippen molar-refractivity contribution in [3.05, 3.63) is 51.5 Å². The molecule has 2 aromatic heterocycles. The highest BCUT2D eigenvalue weighted by Crippen LogP contribution is 2.20. The molecule has 0 unspecified atom stereocenters. The van der Waals surface area contributed by atoms with Gasteiger partial charge < -0.3 is 5.11 Å². The molecule has 5 heteroatoms. The summed E-state index contributed by atoms with van der Waals surface area (Å²) in [5.41, 5.74) is 0.974. The highest BCUT2D eigenvalue weighted by atomic mass is 19.1. The summed E-state index contributed by atoms with van der Waals surface area (Å²) in [4.78, 5) is 15.8. The number of halogens is 1. The Morgan fingerprint density at radius 1 is 1.28 bits per heavy atom. The van der Waals surface area contributed by atoms with Crippen molar-refractivity contribution in [2.75, 3.05) is 0 Å². The molecule has 2 rings (SSSR count). The molecule has 0 atom stereocenters. The van der Waals surface area contributed by atoms with Gasteiger partial charge in [-0.3, -0.25) is 14.3 Å². The molecule has 0 aliphatic carbocycles. The number of aryl methyl sites for hydroxylation is 3. The van der Waals surface area contributed by atoms with Crippen LogP contribution in [0, 0.1) is 26.6 Å². The fourth-order valence-corrected chi connectivity index (χ4v) is 1.90. The fraction of sp³-hybridized carbons (Fsp3) is 0.231. The molecule has 0 aromatic carbocycles. The van der Waals surface area contributed by atoms with E-state index in [1.807, 2.05) is 0 Å². The zero-order chi connectivity index (χ0) is 13.4. The van der Waals surface area contributed by atoms with Crippen molar-refractivity contribution in [3.63, 3.8) is 0 Å². The van der Waals surface area contributed by atoms with Crippen LogP contribution in [-0.4, -0.2) is 14.7 Å². The second kappa shape index (κ2) is 4.25. The molecule has 4 nitrogen and oxygen atoms in total. The normalized spacial score (nSPS) is 10.7. The van der Waals surface area contributed by atoms with E-state index < -0.39 is 11.4 Å². The molecule has 0 saturated heterocycles. The van der Waals surface area contributed by atoms with Gasteiger partial charge in [0.1, 0.15) is 5.75 Å². The molecular weight excluding hydrogens is 235 g/mol. The number of rotatable bonds is 1. The lowest BCUT2D eigenvalue weighted by molar-refractivity contribution is 0.471. The molecule has 0 amide bonds.